The number of carbonyl (C=O) groups is 1. The summed E-state index contributed by atoms with van der Waals surface area (Å²) in [6.45, 7) is 2.19. The third-order valence-electron chi connectivity index (χ3n) is 2.25. The van der Waals surface area contributed by atoms with Gasteiger partial charge in [-0.25, -0.2) is 0 Å². The molecule has 0 saturated heterocycles. The highest BCUT2D eigenvalue weighted by Crippen LogP contribution is 2.09. The zero-order valence-corrected chi connectivity index (χ0v) is 10.1. The van der Waals surface area contributed by atoms with Crippen LogP contribution in [0.3, 0.4) is 0 Å². The molecule has 1 rings (SSSR count). The Morgan fingerprint density at radius 1 is 1.44 bits per heavy atom. The van der Waals surface area contributed by atoms with E-state index in [1.54, 1.807) is 6.26 Å². The summed E-state index contributed by atoms with van der Waals surface area (Å²) in [5.41, 5.74) is 0.479. The topological polar surface area (TPSA) is 66.4 Å². The highest BCUT2D eigenvalue weighted by molar-refractivity contribution is 7.84. The number of phenols is 1. The van der Waals surface area contributed by atoms with Gasteiger partial charge in [-0.05, 0) is 31.2 Å². The first kappa shape index (κ1) is 12.7. The smallest absolute Gasteiger partial charge is 0.251 e. The van der Waals surface area contributed by atoms with Crippen LogP contribution < -0.4 is 5.32 Å². The Bertz CT molecular complexity index is 389. The van der Waals surface area contributed by atoms with E-state index in [0.717, 1.165) is 0 Å². The molecule has 0 bridgehead atoms. The van der Waals surface area contributed by atoms with Crippen LogP contribution in [-0.4, -0.2) is 33.3 Å². The van der Waals surface area contributed by atoms with Crippen molar-refractivity contribution in [1.29, 1.82) is 0 Å². The highest BCUT2D eigenvalue weighted by Gasteiger charge is 2.09. The first-order chi connectivity index (χ1) is 7.50. The van der Waals surface area contributed by atoms with Gasteiger partial charge in [0.2, 0.25) is 0 Å². The van der Waals surface area contributed by atoms with Gasteiger partial charge in [0.15, 0.2) is 0 Å². The summed E-state index contributed by atoms with van der Waals surface area (Å²) >= 11 is 0. The van der Waals surface area contributed by atoms with Crippen LogP contribution in [0.2, 0.25) is 0 Å². The number of carbonyl (C=O) groups excluding carboxylic acids is 1. The van der Waals surface area contributed by atoms with Gasteiger partial charge in [0.05, 0.1) is 0 Å². The lowest BCUT2D eigenvalue weighted by Crippen LogP contribution is -2.32. The molecule has 1 aromatic carbocycles. The molecule has 4 nitrogen and oxygen atoms in total. The summed E-state index contributed by atoms with van der Waals surface area (Å²) in [7, 11) is -0.942. The summed E-state index contributed by atoms with van der Waals surface area (Å²) in [5, 5.41) is 11.7. The fourth-order valence-electron chi connectivity index (χ4n) is 1.07. The minimum atomic E-state index is -0.942. The monoisotopic (exact) mass is 241 g/mol. The van der Waals surface area contributed by atoms with E-state index in [-0.39, 0.29) is 16.9 Å². The number of phenolic OH excluding ortho intramolecular Hbond substituents is 1. The van der Waals surface area contributed by atoms with Crippen molar-refractivity contribution in [2.24, 2.45) is 0 Å². The molecule has 2 atom stereocenters. The van der Waals surface area contributed by atoms with Crippen LogP contribution in [-0.2, 0) is 10.8 Å². The maximum absolute atomic E-state index is 11.6. The van der Waals surface area contributed by atoms with Crippen LogP contribution >= 0.6 is 0 Å². The van der Waals surface area contributed by atoms with Gasteiger partial charge in [0.25, 0.3) is 5.91 Å². The van der Waals surface area contributed by atoms with Crippen LogP contribution in [0.15, 0.2) is 24.3 Å². The molecule has 0 saturated carbocycles. The fraction of sp³-hybridized carbons (Fsp3) is 0.364. The maximum Gasteiger partial charge on any atom is 0.251 e. The molecule has 0 aliphatic heterocycles. The number of amides is 1. The van der Waals surface area contributed by atoms with Gasteiger partial charge < -0.3 is 10.4 Å². The summed E-state index contributed by atoms with van der Waals surface area (Å²) in [6.07, 6.45) is 1.61. The SMILES string of the molecule is CC(CNC(=O)c1ccc(O)cc1)S(C)=O. The fourth-order valence-corrected chi connectivity index (χ4v) is 1.39. The summed E-state index contributed by atoms with van der Waals surface area (Å²) in [4.78, 5) is 11.6. The highest BCUT2D eigenvalue weighted by atomic mass is 32.2. The maximum atomic E-state index is 11.6. The molecule has 1 amide bonds. The first-order valence-electron chi connectivity index (χ1n) is 4.90. The van der Waals surface area contributed by atoms with E-state index >= 15 is 0 Å². The summed E-state index contributed by atoms with van der Waals surface area (Å²) in [5.74, 6) is -0.100. The van der Waals surface area contributed by atoms with Crippen LogP contribution in [0.25, 0.3) is 0 Å². The van der Waals surface area contributed by atoms with Crippen LogP contribution in [0.4, 0.5) is 0 Å². The van der Waals surface area contributed by atoms with E-state index in [1.165, 1.54) is 24.3 Å². The second-order valence-corrected chi connectivity index (χ2v) is 5.37. The minimum Gasteiger partial charge on any atom is -0.508 e. The first-order valence-corrected chi connectivity index (χ1v) is 6.52. The van der Waals surface area contributed by atoms with Gasteiger partial charge >= 0.3 is 0 Å². The van der Waals surface area contributed by atoms with Crippen molar-refractivity contribution >= 4 is 16.7 Å². The Hall–Kier alpha value is -1.36. The number of nitrogens with one attached hydrogen (secondary N) is 1. The van der Waals surface area contributed by atoms with Crippen LogP contribution in [0.5, 0.6) is 5.75 Å². The van der Waals surface area contributed by atoms with E-state index < -0.39 is 10.8 Å². The molecule has 2 N–H and O–H groups in total. The Labute approximate surface area is 97.1 Å². The van der Waals surface area contributed by atoms with E-state index in [4.69, 9.17) is 5.11 Å². The Kier molecular flexibility index (Phi) is 4.49. The van der Waals surface area contributed by atoms with Gasteiger partial charge in [0.1, 0.15) is 5.75 Å². The van der Waals surface area contributed by atoms with Crippen molar-refractivity contribution in [2.45, 2.75) is 12.2 Å². The van der Waals surface area contributed by atoms with Crippen molar-refractivity contribution < 1.29 is 14.1 Å². The number of hydrogen-bond acceptors (Lipinski definition) is 3. The lowest BCUT2D eigenvalue weighted by atomic mass is 10.2. The predicted molar refractivity (Wildman–Crippen MR) is 64.0 cm³/mol. The number of hydrogen-bond donors (Lipinski definition) is 2. The molecule has 0 fully saturated rings. The molecule has 2 unspecified atom stereocenters. The molecule has 5 heteroatoms. The van der Waals surface area contributed by atoms with Crippen LogP contribution in [0.1, 0.15) is 17.3 Å². The number of aromatic hydroxyl groups is 1. The second-order valence-electron chi connectivity index (χ2n) is 3.57. The zero-order valence-electron chi connectivity index (χ0n) is 9.27. The normalized spacial score (nSPS) is 14.1. The van der Waals surface area contributed by atoms with Crippen molar-refractivity contribution in [3.8, 4) is 5.75 Å². The number of rotatable bonds is 4. The average molecular weight is 241 g/mol. The van der Waals surface area contributed by atoms with Gasteiger partial charge in [-0.3, -0.25) is 9.00 Å². The quantitative estimate of drug-likeness (QED) is 0.822. The second kappa shape index (κ2) is 5.65. The van der Waals surface area contributed by atoms with Crippen molar-refractivity contribution in [2.75, 3.05) is 12.8 Å². The van der Waals surface area contributed by atoms with Crippen LogP contribution in [0, 0.1) is 0 Å². The summed E-state index contributed by atoms with van der Waals surface area (Å²) in [6, 6.07) is 5.99. The van der Waals surface area contributed by atoms with E-state index in [2.05, 4.69) is 5.32 Å². The van der Waals surface area contributed by atoms with Gasteiger partial charge in [-0.15, -0.1) is 0 Å². The average Bonchev–Trinajstić information content (AvgIpc) is 2.26. The van der Waals surface area contributed by atoms with E-state index in [1.807, 2.05) is 6.92 Å². The third-order valence-corrected chi connectivity index (χ3v) is 3.55. The van der Waals surface area contributed by atoms with Crippen molar-refractivity contribution in [3.05, 3.63) is 29.8 Å². The molecule has 0 radical (unpaired) electrons. The Balaban J connectivity index is 2.53. The van der Waals surface area contributed by atoms with Gasteiger partial charge in [-0.1, -0.05) is 0 Å². The van der Waals surface area contributed by atoms with Gasteiger partial charge in [0, 0.05) is 34.4 Å². The Morgan fingerprint density at radius 3 is 2.50 bits per heavy atom. The minimum absolute atomic E-state index is 0.0685. The molecule has 0 aliphatic carbocycles. The van der Waals surface area contributed by atoms with Crippen molar-refractivity contribution in [3.63, 3.8) is 0 Å². The lowest BCUT2D eigenvalue weighted by molar-refractivity contribution is 0.0954. The summed E-state index contributed by atoms with van der Waals surface area (Å²) < 4.78 is 11.1. The molecule has 88 valence electrons. The third kappa shape index (κ3) is 3.66. The predicted octanol–water partition coefficient (Wildman–Crippen LogP) is 0.889. The standard InChI is InChI=1S/C11H15NO3S/c1-8(16(2)15)7-12-11(14)9-3-5-10(13)6-4-9/h3-6,8,13H,7H2,1-2H3,(H,12,14). The van der Waals surface area contributed by atoms with E-state index in [0.29, 0.717) is 12.1 Å². The molecule has 1 aromatic rings. The molecule has 0 spiro atoms. The molecule has 0 aromatic heterocycles. The van der Waals surface area contributed by atoms with Crippen molar-refractivity contribution in [1.82, 2.24) is 5.32 Å². The zero-order chi connectivity index (χ0) is 12.1. The molecule has 0 aliphatic rings. The Morgan fingerprint density at radius 2 is 2.00 bits per heavy atom. The molecular formula is C11H15NO3S. The largest absolute Gasteiger partial charge is 0.508 e. The molecule has 16 heavy (non-hydrogen) atoms. The lowest BCUT2D eigenvalue weighted by Gasteiger charge is -2.09. The molecule has 0 heterocycles. The number of benzene rings is 1. The van der Waals surface area contributed by atoms with Gasteiger partial charge in [-0.2, -0.15) is 0 Å². The van der Waals surface area contributed by atoms with E-state index in [9.17, 15) is 9.00 Å². The molecular weight excluding hydrogens is 226 g/mol.